The summed E-state index contributed by atoms with van der Waals surface area (Å²) in [7, 11) is 0. The first-order valence-corrected chi connectivity index (χ1v) is 13.0. The second-order valence-corrected chi connectivity index (χ2v) is 10.4. The fourth-order valence-corrected chi connectivity index (χ4v) is 5.91. The quantitative estimate of drug-likeness (QED) is 0.589. The number of fused-ring (bicyclic) bond motifs is 5. The summed E-state index contributed by atoms with van der Waals surface area (Å²) in [4.78, 5) is 33.1. The molecular formula is C28H32N4O4. The highest BCUT2D eigenvalue weighted by Crippen LogP contribution is 2.40. The first kappa shape index (κ1) is 22.9. The molecule has 0 saturated carbocycles. The molecule has 6 bridgehead atoms. The van der Waals surface area contributed by atoms with Crippen LogP contribution in [0.1, 0.15) is 78.2 Å². The van der Waals surface area contributed by atoms with Crippen molar-refractivity contribution in [3.63, 3.8) is 0 Å². The molecule has 3 N–H and O–H groups in total. The van der Waals surface area contributed by atoms with E-state index in [0.717, 1.165) is 42.6 Å². The molecule has 0 aromatic heterocycles. The summed E-state index contributed by atoms with van der Waals surface area (Å²) in [6.07, 6.45) is 4.65. The van der Waals surface area contributed by atoms with Crippen LogP contribution in [0.5, 0.6) is 11.5 Å². The number of benzene rings is 2. The van der Waals surface area contributed by atoms with Gasteiger partial charge in [0.25, 0.3) is 5.91 Å². The summed E-state index contributed by atoms with van der Waals surface area (Å²) in [6, 6.07) is 11.2. The summed E-state index contributed by atoms with van der Waals surface area (Å²) < 4.78 is 11.9. The van der Waals surface area contributed by atoms with Crippen LogP contribution in [-0.4, -0.2) is 41.9 Å². The molecule has 0 saturated heterocycles. The van der Waals surface area contributed by atoms with E-state index in [2.05, 4.69) is 24.4 Å². The molecule has 4 atom stereocenters. The molecule has 2 aromatic rings. The lowest BCUT2D eigenvalue weighted by Crippen LogP contribution is -2.50. The highest BCUT2D eigenvalue weighted by atomic mass is 16.5. The van der Waals surface area contributed by atoms with Gasteiger partial charge in [0.2, 0.25) is 5.91 Å². The molecule has 8 heteroatoms. The van der Waals surface area contributed by atoms with Crippen molar-refractivity contribution >= 4 is 17.8 Å². The van der Waals surface area contributed by atoms with E-state index < -0.39 is 0 Å². The van der Waals surface area contributed by atoms with Gasteiger partial charge in [-0.2, -0.15) is 0 Å². The van der Waals surface area contributed by atoms with Gasteiger partial charge in [0, 0.05) is 35.4 Å². The maximum Gasteiger partial charge on any atom is 0.251 e. The van der Waals surface area contributed by atoms with Crippen LogP contribution in [0.4, 0.5) is 0 Å². The summed E-state index contributed by atoms with van der Waals surface area (Å²) >= 11 is 0. The number of hydrogen-bond donors (Lipinski definition) is 2. The second kappa shape index (κ2) is 9.15. The Bertz CT molecular complexity index is 1240. The van der Waals surface area contributed by atoms with E-state index in [1.807, 2.05) is 18.2 Å². The molecule has 5 aliphatic rings. The maximum atomic E-state index is 13.5. The number of aliphatic imine (C=N–C) groups is 1. The van der Waals surface area contributed by atoms with Crippen LogP contribution in [0.25, 0.3) is 0 Å². The number of ether oxygens (including phenoxy) is 2. The van der Waals surface area contributed by atoms with E-state index >= 15 is 0 Å². The van der Waals surface area contributed by atoms with Crippen LogP contribution in [0.2, 0.25) is 0 Å². The molecule has 36 heavy (non-hydrogen) atoms. The van der Waals surface area contributed by atoms with Gasteiger partial charge in [-0.1, -0.05) is 25.5 Å². The number of carbonyl (C=O) groups excluding carboxylic acids is 2. The van der Waals surface area contributed by atoms with Crippen molar-refractivity contribution in [2.45, 2.75) is 63.6 Å². The van der Waals surface area contributed by atoms with Crippen molar-refractivity contribution in [3.05, 3.63) is 58.7 Å². The minimum absolute atomic E-state index is 0.0161. The van der Waals surface area contributed by atoms with E-state index in [0.29, 0.717) is 37.4 Å². The predicted molar refractivity (Wildman–Crippen MR) is 135 cm³/mol. The smallest absolute Gasteiger partial charge is 0.251 e. The van der Waals surface area contributed by atoms with Gasteiger partial charge in [-0.3, -0.25) is 14.5 Å². The van der Waals surface area contributed by atoms with Gasteiger partial charge >= 0.3 is 0 Å². The van der Waals surface area contributed by atoms with E-state index in [4.69, 9.17) is 20.2 Å². The van der Waals surface area contributed by atoms with Gasteiger partial charge in [0.15, 0.2) is 5.96 Å². The Labute approximate surface area is 210 Å². The van der Waals surface area contributed by atoms with Crippen LogP contribution in [0, 0.1) is 5.92 Å². The molecule has 0 radical (unpaired) electrons. The number of nitrogens with two attached hydrogens (primary N) is 1. The van der Waals surface area contributed by atoms with Crippen molar-refractivity contribution in [1.82, 2.24) is 10.2 Å². The number of rotatable bonds is 0. The van der Waals surface area contributed by atoms with E-state index in [9.17, 15) is 9.59 Å². The molecule has 5 heterocycles. The number of nitrogens with zero attached hydrogens (tertiary/aromatic N) is 2. The van der Waals surface area contributed by atoms with Gasteiger partial charge in [0.1, 0.15) is 11.5 Å². The number of carbonyl (C=O) groups is 2. The monoisotopic (exact) mass is 488 g/mol. The Morgan fingerprint density at radius 3 is 2.72 bits per heavy atom. The molecule has 0 aliphatic carbocycles. The summed E-state index contributed by atoms with van der Waals surface area (Å²) in [6.45, 7) is 3.12. The van der Waals surface area contributed by atoms with Crippen LogP contribution >= 0.6 is 0 Å². The Hall–Kier alpha value is -3.55. The molecular weight excluding hydrogens is 456 g/mol. The Kier molecular flexibility index (Phi) is 5.82. The highest BCUT2D eigenvalue weighted by molar-refractivity contribution is 5.99. The fourth-order valence-electron chi connectivity index (χ4n) is 5.91. The van der Waals surface area contributed by atoms with Crippen LogP contribution in [-0.2, 0) is 11.2 Å². The minimum Gasteiger partial charge on any atom is -0.493 e. The largest absolute Gasteiger partial charge is 0.493 e. The van der Waals surface area contributed by atoms with Gasteiger partial charge in [0.05, 0.1) is 31.3 Å². The molecule has 7 rings (SSSR count). The zero-order valence-electron chi connectivity index (χ0n) is 20.5. The van der Waals surface area contributed by atoms with Crippen LogP contribution in [0.3, 0.4) is 0 Å². The summed E-state index contributed by atoms with van der Waals surface area (Å²) in [5, 5.41) is 3.26. The van der Waals surface area contributed by atoms with E-state index in [1.165, 1.54) is 5.56 Å². The average molecular weight is 489 g/mol. The molecule has 2 aromatic carbocycles. The first-order valence-electron chi connectivity index (χ1n) is 13.0. The lowest BCUT2D eigenvalue weighted by Gasteiger charge is -2.38. The molecule has 188 valence electrons. The van der Waals surface area contributed by atoms with Gasteiger partial charge in [-0.25, -0.2) is 4.99 Å². The molecule has 8 nitrogen and oxygen atoms in total. The minimum atomic E-state index is -0.303. The second-order valence-electron chi connectivity index (χ2n) is 10.4. The normalized spacial score (nSPS) is 27.7. The average Bonchev–Trinajstić information content (AvgIpc) is 2.87. The van der Waals surface area contributed by atoms with Crippen LogP contribution in [0.15, 0.2) is 41.4 Å². The Morgan fingerprint density at radius 1 is 1.03 bits per heavy atom. The molecule has 2 amide bonds. The van der Waals surface area contributed by atoms with Crippen molar-refractivity contribution in [1.29, 1.82) is 0 Å². The SMILES string of the molecule is CC1COc2ccc3cc2C1NC(=O)c1ccc2c(c1)[C@@H](CCO2)N1C(=O)CC(CCCC3)N=C1N. The van der Waals surface area contributed by atoms with Crippen molar-refractivity contribution in [2.75, 3.05) is 13.2 Å². The van der Waals surface area contributed by atoms with E-state index in [-0.39, 0.29) is 41.8 Å². The van der Waals surface area contributed by atoms with E-state index in [1.54, 1.807) is 11.0 Å². The lowest BCUT2D eigenvalue weighted by atomic mass is 9.89. The Balaban J connectivity index is 1.42. The third kappa shape index (κ3) is 4.08. The van der Waals surface area contributed by atoms with Gasteiger partial charge in [-0.15, -0.1) is 0 Å². The highest BCUT2D eigenvalue weighted by Gasteiger charge is 2.37. The third-order valence-corrected chi connectivity index (χ3v) is 7.85. The molecule has 0 fully saturated rings. The number of aryl methyl sites for hydroxylation is 1. The van der Waals surface area contributed by atoms with Gasteiger partial charge < -0.3 is 20.5 Å². The number of nitrogens with one attached hydrogen (secondary N) is 1. The summed E-state index contributed by atoms with van der Waals surface area (Å²) in [5.74, 6) is 1.73. The molecule has 0 spiro atoms. The third-order valence-electron chi connectivity index (χ3n) is 7.85. The molecule has 5 aliphatic heterocycles. The number of guanidine groups is 1. The standard InChI is InChI=1S/C28H32N4O4/c1-16-15-36-24-8-6-17-4-2-3-5-19-14-25(33)32(28(29)30-19)22-10-11-35-23-9-7-18(13-20(22)23)27(34)31-26(16)21(24)12-17/h6-9,12-13,16,19,22,26H,2-5,10-11,14-15H2,1H3,(H2,29,30)(H,31,34)/t16?,19?,22-,26?/m1/s1. The predicted octanol–water partition coefficient (Wildman–Crippen LogP) is 3.65. The lowest BCUT2D eigenvalue weighted by molar-refractivity contribution is -0.130. The number of hydrogen-bond acceptors (Lipinski definition) is 6. The Morgan fingerprint density at radius 2 is 1.86 bits per heavy atom. The van der Waals surface area contributed by atoms with Crippen molar-refractivity contribution < 1.29 is 19.1 Å². The number of amides is 2. The van der Waals surface area contributed by atoms with Crippen molar-refractivity contribution in [3.8, 4) is 11.5 Å². The summed E-state index contributed by atoms with van der Waals surface area (Å²) in [5.41, 5.74) is 9.94. The zero-order valence-corrected chi connectivity index (χ0v) is 20.5. The zero-order chi connectivity index (χ0) is 24.8. The van der Waals surface area contributed by atoms with Crippen molar-refractivity contribution in [2.24, 2.45) is 16.6 Å². The first-order chi connectivity index (χ1) is 17.5. The fraction of sp³-hybridized carbons (Fsp3) is 0.464. The van der Waals surface area contributed by atoms with Gasteiger partial charge in [-0.05, 0) is 49.1 Å². The van der Waals surface area contributed by atoms with Crippen LogP contribution < -0.4 is 20.5 Å². The maximum absolute atomic E-state index is 13.5. The topological polar surface area (TPSA) is 106 Å². The molecule has 3 unspecified atom stereocenters.